The normalized spacial score (nSPS) is 12.3. The summed E-state index contributed by atoms with van der Waals surface area (Å²) in [6.07, 6.45) is 35.2. The minimum Gasteiger partial charge on any atom is -0.481 e. The fourth-order valence-corrected chi connectivity index (χ4v) is 4.98. The van der Waals surface area contributed by atoms with Crippen molar-refractivity contribution in [2.45, 2.75) is 193 Å². The summed E-state index contributed by atoms with van der Waals surface area (Å²) in [5.41, 5.74) is 0. The summed E-state index contributed by atoms with van der Waals surface area (Å²) in [5, 5.41) is 8.78. The number of ether oxygens (including phenoxy) is 1. The van der Waals surface area contributed by atoms with Gasteiger partial charge >= 0.3 is 11.9 Å². The maximum absolute atomic E-state index is 12.5. The Morgan fingerprint density at radius 1 is 0.579 bits per heavy atom. The molecule has 0 aromatic rings. The number of carbonyl (C=O) groups is 2. The standard InChI is InChI=1S/C34H64O4/c1-3-5-7-9-11-13-14-15-16-17-19-21-27-31-34(37)38-32(29-25-22-23-26-30-33(35)36)28-24-20-18-12-10-8-6-4-2/h24,28,32H,3-23,25-27,29-31H2,1-2H3,(H,35,36)/b28-24-. The lowest BCUT2D eigenvalue weighted by molar-refractivity contribution is -0.147. The average molecular weight is 537 g/mol. The summed E-state index contributed by atoms with van der Waals surface area (Å²) in [5.74, 6) is -0.782. The van der Waals surface area contributed by atoms with Crippen LogP contribution in [0.25, 0.3) is 0 Å². The van der Waals surface area contributed by atoms with Crippen molar-refractivity contribution in [3.63, 3.8) is 0 Å². The number of allylic oxidation sites excluding steroid dienone is 1. The molecule has 0 saturated heterocycles. The van der Waals surface area contributed by atoms with E-state index in [-0.39, 0.29) is 18.5 Å². The van der Waals surface area contributed by atoms with Crippen molar-refractivity contribution in [2.75, 3.05) is 0 Å². The summed E-state index contributed by atoms with van der Waals surface area (Å²) >= 11 is 0. The maximum atomic E-state index is 12.5. The first-order chi connectivity index (χ1) is 18.6. The molecule has 0 rings (SSSR count). The highest BCUT2D eigenvalue weighted by molar-refractivity contribution is 5.69. The Morgan fingerprint density at radius 3 is 1.50 bits per heavy atom. The Labute approximate surface area is 236 Å². The van der Waals surface area contributed by atoms with Crippen LogP contribution < -0.4 is 0 Å². The van der Waals surface area contributed by atoms with E-state index in [2.05, 4.69) is 26.0 Å². The molecule has 0 spiro atoms. The van der Waals surface area contributed by atoms with Crippen LogP contribution >= 0.6 is 0 Å². The molecule has 0 saturated carbocycles. The molecule has 0 aliphatic heterocycles. The number of esters is 1. The highest BCUT2D eigenvalue weighted by Gasteiger charge is 2.11. The van der Waals surface area contributed by atoms with Gasteiger partial charge in [0.15, 0.2) is 0 Å². The first-order valence-electron chi connectivity index (χ1n) is 16.7. The molecule has 0 aromatic carbocycles. The molecule has 0 aliphatic carbocycles. The number of hydrogen-bond donors (Lipinski definition) is 1. The maximum Gasteiger partial charge on any atom is 0.306 e. The first-order valence-corrected chi connectivity index (χ1v) is 16.7. The molecule has 4 heteroatoms. The molecule has 0 bridgehead atoms. The molecule has 1 N–H and O–H groups in total. The predicted molar refractivity (Wildman–Crippen MR) is 163 cm³/mol. The van der Waals surface area contributed by atoms with Gasteiger partial charge in [0, 0.05) is 12.8 Å². The average Bonchev–Trinajstić information content (AvgIpc) is 2.89. The van der Waals surface area contributed by atoms with E-state index in [4.69, 9.17) is 9.84 Å². The molecule has 0 aliphatic rings. The molecular weight excluding hydrogens is 472 g/mol. The fraction of sp³-hybridized carbons (Fsp3) is 0.882. The summed E-state index contributed by atoms with van der Waals surface area (Å²) in [4.78, 5) is 23.2. The van der Waals surface area contributed by atoms with Crippen molar-refractivity contribution in [3.05, 3.63) is 12.2 Å². The summed E-state index contributed by atoms with van der Waals surface area (Å²) in [7, 11) is 0. The lowest BCUT2D eigenvalue weighted by Crippen LogP contribution is -2.16. The van der Waals surface area contributed by atoms with Gasteiger partial charge < -0.3 is 9.84 Å². The van der Waals surface area contributed by atoms with Crippen molar-refractivity contribution in [1.29, 1.82) is 0 Å². The highest BCUT2D eigenvalue weighted by Crippen LogP contribution is 2.16. The minimum atomic E-state index is -0.720. The molecule has 0 amide bonds. The number of rotatable bonds is 30. The van der Waals surface area contributed by atoms with E-state index in [1.54, 1.807) is 0 Å². The summed E-state index contributed by atoms with van der Waals surface area (Å²) in [6, 6.07) is 0. The summed E-state index contributed by atoms with van der Waals surface area (Å²) in [6.45, 7) is 4.52. The third-order valence-electron chi connectivity index (χ3n) is 7.47. The molecule has 0 aromatic heterocycles. The fourth-order valence-electron chi connectivity index (χ4n) is 4.98. The Balaban J connectivity index is 4.02. The van der Waals surface area contributed by atoms with Crippen LogP contribution in [0.15, 0.2) is 12.2 Å². The second-order valence-corrected chi connectivity index (χ2v) is 11.4. The van der Waals surface area contributed by atoms with Gasteiger partial charge in [0.05, 0.1) is 0 Å². The van der Waals surface area contributed by atoms with Crippen molar-refractivity contribution >= 4 is 11.9 Å². The van der Waals surface area contributed by atoms with Gasteiger partial charge in [-0.15, -0.1) is 0 Å². The predicted octanol–water partition coefficient (Wildman–Crippen LogP) is 11.1. The van der Waals surface area contributed by atoms with Crippen LogP contribution in [0.2, 0.25) is 0 Å². The molecular formula is C34H64O4. The smallest absolute Gasteiger partial charge is 0.306 e. The number of carbonyl (C=O) groups excluding carboxylic acids is 1. The quantitative estimate of drug-likeness (QED) is 0.0563. The lowest BCUT2D eigenvalue weighted by atomic mass is 10.0. The SMILES string of the molecule is CCCCCCCC/C=C\C(CCCCCCC(=O)O)OC(=O)CCCCCCCCCCCCCCC. The lowest BCUT2D eigenvalue weighted by Gasteiger charge is -2.15. The molecule has 0 heterocycles. The number of aliphatic carboxylic acids is 1. The minimum absolute atomic E-state index is 0.0619. The molecule has 1 atom stereocenters. The largest absolute Gasteiger partial charge is 0.481 e. The Hall–Kier alpha value is -1.32. The van der Waals surface area contributed by atoms with E-state index < -0.39 is 5.97 Å². The molecule has 224 valence electrons. The number of carboxylic acid groups (broad SMARTS) is 1. The second-order valence-electron chi connectivity index (χ2n) is 11.4. The third-order valence-corrected chi connectivity index (χ3v) is 7.47. The monoisotopic (exact) mass is 536 g/mol. The molecule has 1 unspecified atom stereocenters. The van der Waals surface area contributed by atoms with Crippen LogP contribution in [0.3, 0.4) is 0 Å². The van der Waals surface area contributed by atoms with Crippen LogP contribution in [-0.4, -0.2) is 23.1 Å². The topological polar surface area (TPSA) is 63.6 Å². The second kappa shape index (κ2) is 30.2. The van der Waals surface area contributed by atoms with Crippen LogP contribution in [0.4, 0.5) is 0 Å². The van der Waals surface area contributed by atoms with Crippen LogP contribution in [-0.2, 0) is 14.3 Å². The van der Waals surface area contributed by atoms with E-state index in [1.165, 1.54) is 109 Å². The Bertz CT molecular complexity index is 543. The van der Waals surface area contributed by atoms with Crippen LogP contribution in [0.1, 0.15) is 187 Å². The zero-order valence-electron chi connectivity index (χ0n) is 25.5. The number of unbranched alkanes of at least 4 members (excludes halogenated alkanes) is 21. The van der Waals surface area contributed by atoms with E-state index in [1.807, 2.05) is 0 Å². The zero-order chi connectivity index (χ0) is 27.9. The van der Waals surface area contributed by atoms with E-state index in [0.717, 1.165) is 51.4 Å². The van der Waals surface area contributed by atoms with Gasteiger partial charge in [-0.25, -0.2) is 0 Å². The Kier molecular flexibility index (Phi) is 29.2. The van der Waals surface area contributed by atoms with Gasteiger partial charge in [0.25, 0.3) is 0 Å². The van der Waals surface area contributed by atoms with Crippen LogP contribution in [0.5, 0.6) is 0 Å². The molecule has 38 heavy (non-hydrogen) atoms. The zero-order valence-corrected chi connectivity index (χ0v) is 25.5. The van der Waals surface area contributed by atoms with E-state index >= 15 is 0 Å². The van der Waals surface area contributed by atoms with Gasteiger partial charge in [0.1, 0.15) is 6.10 Å². The number of hydrogen-bond acceptors (Lipinski definition) is 3. The number of carboxylic acids is 1. The van der Waals surface area contributed by atoms with Gasteiger partial charge in [-0.1, -0.05) is 142 Å². The van der Waals surface area contributed by atoms with Gasteiger partial charge in [-0.05, 0) is 44.6 Å². The van der Waals surface area contributed by atoms with Gasteiger partial charge in [-0.3, -0.25) is 9.59 Å². The van der Waals surface area contributed by atoms with Crippen LogP contribution in [0, 0.1) is 0 Å². The van der Waals surface area contributed by atoms with Gasteiger partial charge in [-0.2, -0.15) is 0 Å². The van der Waals surface area contributed by atoms with Crippen molar-refractivity contribution in [2.24, 2.45) is 0 Å². The summed E-state index contributed by atoms with van der Waals surface area (Å²) < 4.78 is 5.84. The van der Waals surface area contributed by atoms with Crippen molar-refractivity contribution < 1.29 is 19.4 Å². The van der Waals surface area contributed by atoms with Crippen molar-refractivity contribution in [3.8, 4) is 0 Å². The van der Waals surface area contributed by atoms with E-state index in [0.29, 0.717) is 6.42 Å². The highest BCUT2D eigenvalue weighted by atomic mass is 16.5. The first kappa shape index (κ1) is 36.7. The Morgan fingerprint density at radius 2 is 1.00 bits per heavy atom. The molecule has 4 nitrogen and oxygen atoms in total. The third kappa shape index (κ3) is 29.2. The van der Waals surface area contributed by atoms with Crippen molar-refractivity contribution in [1.82, 2.24) is 0 Å². The molecule has 0 radical (unpaired) electrons. The van der Waals surface area contributed by atoms with Gasteiger partial charge in [0.2, 0.25) is 0 Å². The molecule has 0 fully saturated rings. The van der Waals surface area contributed by atoms with E-state index in [9.17, 15) is 9.59 Å².